The topological polar surface area (TPSA) is 81.4 Å². The summed E-state index contributed by atoms with van der Waals surface area (Å²) >= 11 is 0. The molecule has 1 aromatic rings. The van der Waals surface area contributed by atoms with Gasteiger partial charge >= 0.3 is 0 Å². The fraction of sp³-hybridized carbons (Fsp3) is 0.385. The van der Waals surface area contributed by atoms with E-state index in [1.807, 2.05) is 5.32 Å². The summed E-state index contributed by atoms with van der Waals surface area (Å²) in [6, 6.07) is 6.25. The van der Waals surface area contributed by atoms with Crippen LogP contribution in [0.25, 0.3) is 0 Å². The average Bonchev–Trinajstić information content (AvgIpc) is 2.43. The van der Waals surface area contributed by atoms with E-state index in [1.165, 1.54) is 13.0 Å². The minimum atomic E-state index is -3.13. The molecule has 0 bridgehead atoms. The minimum Gasteiger partial charge on any atom is -0.484 e. The van der Waals surface area contributed by atoms with Crippen molar-refractivity contribution in [3.63, 3.8) is 0 Å². The third kappa shape index (κ3) is 7.01. The Balaban J connectivity index is 0.00000400. The predicted octanol–water partition coefficient (Wildman–Crippen LogP) is 1.40. The van der Waals surface area contributed by atoms with Crippen LogP contribution in [0.15, 0.2) is 24.3 Å². The van der Waals surface area contributed by atoms with Crippen LogP contribution in [0.3, 0.4) is 0 Å². The van der Waals surface area contributed by atoms with Gasteiger partial charge in [0.1, 0.15) is 5.75 Å². The number of carbonyl (C=O) groups excluding carboxylic acids is 2. The highest BCUT2D eigenvalue weighted by Gasteiger charge is 2.27. The number of rotatable bonds is 7. The van der Waals surface area contributed by atoms with Gasteiger partial charge in [0.05, 0.1) is 13.1 Å². The number of hydrogen-bond acceptors (Lipinski definition) is 4. The number of Topliss-reactive ketones (excluding diaryl/α,β-unsaturated/α-hetero) is 1. The Bertz CT molecular complexity index is 498. The second-order valence-electron chi connectivity index (χ2n) is 4.21. The smallest absolute Gasteiger partial charge is 0.277 e. The zero-order valence-corrected chi connectivity index (χ0v) is 12.2. The van der Waals surface area contributed by atoms with Crippen molar-refractivity contribution < 1.29 is 23.1 Å². The van der Waals surface area contributed by atoms with Crippen molar-refractivity contribution in [2.24, 2.45) is 5.73 Å². The molecule has 0 heterocycles. The predicted molar refractivity (Wildman–Crippen MR) is 76.2 cm³/mol. The number of nitrogens with one attached hydrogen (secondary N) is 1. The van der Waals surface area contributed by atoms with Crippen LogP contribution in [0.1, 0.15) is 17.3 Å². The largest absolute Gasteiger partial charge is 0.484 e. The van der Waals surface area contributed by atoms with E-state index in [-0.39, 0.29) is 18.2 Å². The Kier molecular flexibility index (Phi) is 7.83. The third-order valence-corrected chi connectivity index (χ3v) is 2.45. The van der Waals surface area contributed by atoms with Crippen molar-refractivity contribution in [1.82, 2.24) is 5.32 Å². The number of alkyl halides is 2. The summed E-state index contributed by atoms with van der Waals surface area (Å²) < 4.78 is 30.7. The molecule has 0 saturated heterocycles. The van der Waals surface area contributed by atoms with Crippen LogP contribution < -0.4 is 15.8 Å². The number of nitrogens with two attached hydrogens (primary N) is 1. The van der Waals surface area contributed by atoms with Crippen molar-refractivity contribution in [2.45, 2.75) is 12.8 Å². The molecule has 1 amide bonds. The van der Waals surface area contributed by atoms with Crippen molar-refractivity contribution in [3.8, 4) is 5.75 Å². The maximum atomic E-state index is 12.8. The summed E-state index contributed by atoms with van der Waals surface area (Å²) in [5.74, 6) is -3.64. The lowest BCUT2D eigenvalue weighted by atomic mass is 10.1. The lowest BCUT2D eigenvalue weighted by molar-refractivity contribution is -0.124. The lowest BCUT2D eigenvalue weighted by Gasteiger charge is -2.14. The number of halogens is 3. The van der Waals surface area contributed by atoms with Crippen LogP contribution in [0.2, 0.25) is 0 Å². The molecule has 118 valence electrons. The maximum Gasteiger partial charge on any atom is 0.277 e. The molecule has 0 aliphatic rings. The fourth-order valence-corrected chi connectivity index (χ4v) is 1.30. The lowest BCUT2D eigenvalue weighted by Crippen LogP contribution is -2.43. The number of amides is 1. The summed E-state index contributed by atoms with van der Waals surface area (Å²) in [5.41, 5.74) is 5.28. The number of carbonyl (C=O) groups is 2. The molecule has 5 nitrogen and oxygen atoms in total. The van der Waals surface area contributed by atoms with Crippen molar-refractivity contribution in [1.29, 1.82) is 0 Å². The molecule has 0 fully saturated rings. The Morgan fingerprint density at radius 3 is 2.62 bits per heavy atom. The highest BCUT2D eigenvalue weighted by Crippen LogP contribution is 2.13. The summed E-state index contributed by atoms with van der Waals surface area (Å²) in [4.78, 5) is 22.5. The van der Waals surface area contributed by atoms with E-state index in [0.29, 0.717) is 11.3 Å². The van der Waals surface area contributed by atoms with Gasteiger partial charge < -0.3 is 15.8 Å². The first-order valence-electron chi connectivity index (χ1n) is 5.92. The average molecular weight is 323 g/mol. The minimum absolute atomic E-state index is 0. The first-order valence-corrected chi connectivity index (χ1v) is 5.92. The van der Waals surface area contributed by atoms with Gasteiger partial charge in [-0.15, -0.1) is 12.4 Å². The summed E-state index contributed by atoms with van der Waals surface area (Å²) in [6.45, 7) is -0.684. The molecule has 0 atom stereocenters. The standard InChI is InChI=1S/C13H16F2N2O3.ClH/c1-9(18)10-3-2-4-11(5-10)20-6-12(19)17-8-13(14,15)7-16;/h2-5H,6-8,16H2,1H3,(H,17,19);1H. The highest BCUT2D eigenvalue weighted by molar-refractivity contribution is 5.94. The van der Waals surface area contributed by atoms with Crippen LogP contribution in [-0.2, 0) is 4.79 Å². The molecule has 0 aliphatic heterocycles. The summed E-state index contributed by atoms with van der Waals surface area (Å²) in [5, 5.41) is 2.02. The number of ether oxygens (including phenoxy) is 1. The molecule has 21 heavy (non-hydrogen) atoms. The second kappa shape index (κ2) is 8.53. The molecule has 0 unspecified atom stereocenters. The van der Waals surface area contributed by atoms with Gasteiger partial charge in [-0.3, -0.25) is 9.59 Å². The molecule has 1 aromatic carbocycles. The molecule has 3 N–H and O–H groups in total. The van der Waals surface area contributed by atoms with E-state index in [0.717, 1.165) is 0 Å². The highest BCUT2D eigenvalue weighted by atomic mass is 35.5. The Morgan fingerprint density at radius 1 is 1.38 bits per heavy atom. The third-order valence-electron chi connectivity index (χ3n) is 2.45. The normalized spacial score (nSPS) is 10.5. The maximum absolute atomic E-state index is 12.8. The number of ketones is 1. The zero-order valence-electron chi connectivity index (χ0n) is 11.4. The first kappa shape index (κ1) is 19.3. The number of benzene rings is 1. The summed E-state index contributed by atoms with van der Waals surface area (Å²) in [7, 11) is 0. The number of hydrogen-bond donors (Lipinski definition) is 2. The van der Waals surface area contributed by atoms with Crippen molar-refractivity contribution in [2.75, 3.05) is 19.7 Å². The molecule has 1 rings (SSSR count). The molecule has 0 saturated carbocycles. The van der Waals surface area contributed by atoms with Gasteiger partial charge in [0.15, 0.2) is 12.4 Å². The van der Waals surface area contributed by atoms with Crippen molar-refractivity contribution >= 4 is 24.1 Å². The first-order chi connectivity index (χ1) is 9.34. The van der Waals surface area contributed by atoms with Gasteiger partial charge in [-0.1, -0.05) is 12.1 Å². The van der Waals surface area contributed by atoms with E-state index < -0.39 is 31.5 Å². The molecule has 0 aliphatic carbocycles. The molecule has 0 aromatic heterocycles. The van der Waals surface area contributed by atoms with E-state index >= 15 is 0 Å². The van der Waals surface area contributed by atoms with Crippen LogP contribution >= 0.6 is 12.4 Å². The van der Waals surface area contributed by atoms with Gasteiger partial charge in [0, 0.05) is 5.56 Å². The van der Waals surface area contributed by atoms with E-state index in [4.69, 9.17) is 10.5 Å². The van der Waals surface area contributed by atoms with Crippen LogP contribution in [0, 0.1) is 0 Å². The van der Waals surface area contributed by atoms with Crippen molar-refractivity contribution in [3.05, 3.63) is 29.8 Å². The molecule has 0 radical (unpaired) electrons. The van der Waals surface area contributed by atoms with E-state index in [1.54, 1.807) is 18.2 Å². The van der Waals surface area contributed by atoms with Gasteiger partial charge in [-0.25, -0.2) is 8.78 Å². The molecule has 8 heteroatoms. The molecule has 0 spiro atoms. The Labute approximate surface area is 127 Å². The van der Waals surface area contributed by atoms with Gasteiger partial charge in [-0.2, -0.15) is 0 Å². The van der Waals surface area contributed by atoms with Crippen LogP contribution in [0.5, 0.6) is 5.75 Å². The SMILES string of the molecule is CC(=O)c1cccc(OCC(=O)NCC(F)(F)CN)c1.Cl. The monoisotopic (exact) mass is 322 g/mol. The summed E-state index contributed by atoms with van der Waals surface area (Å²) in [6.07, 6.45) is 0. The quantitative estimate of drug-likeness (QED) is 0.744. The van der Waals surface area contributed by atoms with E-state index in [9.17, 15) is 18.4 Å². The van der Waals surface area contributed by atoms with Crippen LogP contribution in [-0.4, -0.2) is 37.3 Å². The Morgan fingerprint density at radius 2 is 2.05 bits per heavy atom. The van der Waals surface area contributed by atoms with Gasteiger partial charge in [0.2, 0.25) is 0 Å². The molecular formula is C13H17ClF2N2O3. The van der Waals surface area contributed by atoms with E-state index in [2.05, 4.69) is 0 Å². The fourth-order valence-electron chi connectivity index (χ4n) is 1.30. The van der Waals surface area contributed by atoms with Gasteiger partial charge in [0.25, 0.3) is 11.8 Å². The second-order valence-corrected chi connectivity index (χ2v) is 4.21. The molecular weight excluding hydrogens is 306 g/mol. The Hall–Kier alpha value is -1.73. The zero-order chi connectivity index (χ0) is 15.2. The van der Waals surface area contributed by atoms with Gasteiger partial charge in [-0.05, 0) is 19.1 Å². The van der Waals surface area contributed by atoms with Crippen LogP contribution in [0.4, 0.5) is 8.78 Å².